The van der Waals surface area contributed by atoms with Gasteiger partial charge in [-0.2, -0.15) is 0 Å². The van der Waals surface area contributed by atoms with E-state index in [1.807, 2.05) is 0 Å². The van der Waals surface area contributed by atoms with Crippen LogP contribution in [0.5, 0.6) is 0 Å². The zero-order chi connectivity index (χ0) is 13.2. The Kier molecular flexibility index (Phi) is 3.36. The standard InChI is InChI=1S/C16H21N3/c1-12(2)15-17-14-9-5-4-8-13(14)16(18-15)19-10-6-3-7-11-19/h4-5,8-9,12H,3,6-7,10-11H2,1-2H3. The third kappa shape index (κ3) is 2.42. The van der Waals surface area contributed by atoms with Gasteiger partial charge in [0.05, 0.1) is 5.52 Å². The van der Waals surface area contributed by atoms with Gasteiger partial charge in [-0.15, -0.1) is 0 Å². The van der Waals surface area contributed by atoms with Gasteiger partial charge in [-0.05, 0) is 31.4 Å². The lowest BCUT2D eigenvalue weighted by molar-refractivity contribution is 0.573. The maximum absolute atomic E-state index is 4.84. The first kappa shape index (κ1) is 12.4. The number of hydrogen-bond donors (Lipinski definition) is 0. The van der Waals surface area contributed by atoms with Crippen LogP contribution in [0.4, 0.5) is 5.82 Å². The molecule has 2 heterocycles. The average Bonchev–Trinajstić information content (AvgIpc) is 2.47. The van der Waals surface area contributed by atoms with Crippen molar-refractivity contribution < 1.29 is 0 Å². The Bertz CT molecular complexity index is 571. The molecule has 1 saturated heterocycles. The van der Waals surface area contributed by atoms with Crippen LogP contribution in [0.15, 0.2) is 24.3 Å². The second kappa shape index (κ2) is 5.16. The van der Waals surface area contributed by atoms with Crippen LogP contribution in [0.25, 0.3) is 10.9 Å². The monoisotopic (exact) mass is 255 g/mol. The lowest BCUT2D eigenvalue weighted by Crippen LogP contribution is -2.30. The van der Waals surface area contributed by atoms with E-state index >= 15 is 0 Å². The summed E-state index contributed by atoms with van der Waals surface area (Å²) in [4.78, 5) is 12.0. The molecule has 1 fully saturated rings. The Labute approximate surface area is 114 Å². The molecule has 2 aromatic rings. The van der Waals surface area contributed by atoms with Crippen molar-refractivity contribution in [3.63, 3.8) is 0 Å². The lowest BCUT2D eigenvalue weighted by Gasteiger charge is -2.29. The molecule has 100 valence electrons. The zero-order valence-corrected chi connectivity index (χ0v) is 11.8. The van der Waals surface area contributed by atoms with Crippen molar-refractivity contribution in [2.24, 2.45) is 0 Å². The molecule has 1 aromatic carbocycles. The summed E-state index contributed by atoms with van der Waals surface area (Å²) >= 11 is 0. The quantitative estimate of drug-likeness (QED) is 0.818. The first-order valence-corrected chi connectivity index (χ1v) is 7.27. The van der Waals surface area contributed by atoms with Crippen molar-refractivity contribution in [2.75, 3.05) is 18.0 Å². The molecule has 0 unspecified atom stereocenters. The second-order valence-electron chi connectivity index (χ2n) is 5.62. The predicted octanol–water partition coefficient (Wildman–Crippen LogP) is 3.74. The van der Waals surface area contributed by atoms with E-state index in [2.05, 4.69) is 43.0 Å². The van der Waals surface area contributed by atoms with Crippen LogP contribution in [0.1, 0.15) is 44.9 Å². The van der Waals surface area contributed by atoms with Gasteiger partial charge in [0.15, 0.2) is 0 Å². The SMILES string of the molecule is CC(C)c1nc(N2CCCCC2)c2ccccc2n1. The van der Waals surface area contributed by atoms with Gasteiger partial charge in [0.2, 0.25) is 0 Å². The highest BCUT2D eigenvalue weighted by Gasteiger charge is 2.17. The van der Waals surface area contributed by atoms with E-state index in [4.69, 9.17) is 9.97 Å². The van der Waals surface area contributed by atoms with E-state index in [-0.39, 0.29) is 0 Å². The largest absolute Gasteiger partial charge is 0.356 e. The number of fused-ring (bicyclic) bond motifs is 1. The van der Waals surface area contributed by atoms with E-state index in [1.54, 1.807) is 0 Å². The van der Waals surface area contributed by atoms with Crippen LogP contribution in [-0.4, -0.2) is 23.1 Å². The molecule has 3 rings (SSSR count). The van der Waals surface area contributed by atoms with Crippen molar-refractivity contribution in [1.29, 1.82) is 0 Å². The van der Waals surface area contributed by atoms with Crippen molar-refractivity contribution in [1.82, 2.24) is 9.97 Å². The van der Waals surface area contributed by atoms with Gasteiger partial charge < -0.3 is 4.90 Å². The molecule has 1 aliphatic rings. The number of anilines is 1. The van der Waals surface area contributed by atoms with Crippen molar-refractivity contribution in [2.45, 2.75) is 39.0 Å². The lowest BCUT2D eigenvalue weighted by atomic mass is 10.1. The van der Waals surface area contributed by atoms with Gasteiger partial charge >= 0.3 is 0 Å². The fourth-order valence-corrected chi connectivity index (χ4v) is 2.68. The smallest absolute Gasteiger partial charge is 0.140 e. The summed E-state index contributed by atoms with van der Waals surface area (Å²) in [5, 5.41) is 1.19. The molecule has 3 heteroatoms. The summed E-state index contributed by atoms with van der Waals surface area (Å²) in [6, 6.07) is 8.37. The van der Waals surface area contributed by atoms with E-state index in [0.29, 0.717) is 5.92 Å². The summed E-state index contributed by atoms with van der Waals surface area (Å²) in [5.41, 5.74) is 1.07. The third-order valence-corrected chi connectivity index (χ3v) is 3.77. The molecular weight excluding hydrogens is 234 g/mol. The van der Waals surface area contributed by atoms with Gasteiger partial charge in [0.25, 0.3) is 0 Å². The number of nitrogens with zero attached hydrogens (tertiary/aromatic N) is 3. The maximum atomic E-state index is 4.84. The molecule has 0 N–H and O–H groups in total. The highest BCUT2D eigenvalue weighted by atomic mass is 15.2. The first-order valence-electron chi connectivity index (χ1n) is 7.27. The minimum atomic E-state index is 0.369. The van der Waals surface area contributed by atoms with Crippen LogP contribution >= 0.6 is 0 Å². The van der Waals surface area contributed by atoms with Gasteiger partial charge in [0, 0.05) is 24.4 Å². The molecule has 1 aliphatic heterocycles. The number of aromatic nitrogens is 2. The molecule has 1 aromatic heterocycles. The second-order valence-corrected chi connectivity index (χ2v) is 5.62. The fourth-order valence-electron chi connectivity index (χ4n) is 2.68. The highest BCUT2D eigenvalue weighted by Crippen LogP contribution is 2.27. The minimum absolute atomic E-state index is 0.369. The summed E-state index contributed by atoms with van der Waals surface area (Å²) in [6.07, 6.45) is 3.89. The van der Waals surface area contributed by atoms with Crippen LogP contribution in [0.2, 0.25) is 0 Å². The van der Waals surface area contributed by atoms with Crippen molar-refractivity contribution >= 4 is 16.7 Å². The van der Waals surface area contributed by atoms with Crippen LogP contribution in [0.3, 0.4) is 0 Å². The normalized spacial score (nSPS) is 16.3. The maximum Gasteiger partial charge on any atom is 0.140 e. The molecule has 19 heavy (non-hydrogen) atoms. The molecule has 0 aliphatic carbocycles. The van der Waals surface area contributed by atoms with E-state index < -0.39 is 0 Å². The first-order chi connectivity index (χ1) is 9.25. The number of benzene rings is 1. The molecule has 3 nitrogen and oxygen atoms in total. The number of piperidine rings is 1. The summed E-state index contributed by atoms with van der Waals surface area (Å²) < 4.78 is 0. The Morgan fingerprint density at radius 1 is 1.00 bits per heavy atom. The van der Waals surface area contributed by atoms with Crippen LogP contribution in [-0.2, 0) is 0 Å². The van der Waals surface area contributed by atoms with Gasteiger partial charge in [-0.1, -0.05) is 26.0 Å². The zero-order valence-electron chi connectivity index (χ0n) is 11.8. The highest BCUT2D eigenvalue weighted by molar-refractivity contribution is 5.89. The number of rotatable bonds is 2. The van der Waals surface area contributed by atoms with Gasteiger partial charge in [-0.3, -0.25) is 0 Å². The van der Waals surface area contributed by atoms with Gasteiger partial charge in [-0.25, -0.2) is 9.97 Å². The Morgan fingerprint density at radius 2 is 1.74 bits per heavy atom. The Balaban J connectivity index is 2.14. The summed E-state index contributed by atoms with van der Waals surface area (Å²) in [5.74, 6) is 2.46. The summed E-state index contributed by atoms with van der Waals surface area (Å²) in [6.45, 7) is 6.56. The Morgan fingerprint density at radius 3 is 2.47 bits per heavy atom. The van der Waals surface area contributed by atoms with Crippen molar-refractivity contribution in [3.05, 3.63) is 30.1 Å². The van der Waals surface area contributed by atoms with E-state index in [9.17, 15) is 0 Å². The van der Waals surface area contributed by atoms with Crippen LogP contribution in [0, 0.1) is 0 Å². The molecular formula is C16H21N3. The van der Waals surface area contributed by atoms with Crippen LogP contribution < -0.4 is 4.90 Å². The molecule has 0 amide bonds. The van der Waals surface area contributed by atoms with E-state index in [1.165, 1.54) is 24.6 Å². The molecule has 0 spiro atoms. The topological polar surface area (TPSA) is 29.0 Å². The fraction of sp³-hybridized carbons (Fsp3) is 0.500. The predicted molar refractivity (Wildman–Crippen MR) is 79.7 cm³/mol. The Hall–Kier alpha value is -1.64. The molecule has 0 saturated carbocycles. The molecule has 0 bridgehead atoms. The molecule has 0 atom stereocenters. The van der Waals surface area contributed by atoms with Gasteiger partial charge in [0.1, 0.15) is 11.6 Å². The number of para-hydroxylation sites is 1. The molecule has 0 radical (unpaired) electrons. The van der Waals surface area contributed by atoms with E-state index in [0.717, 1.165) is 30.2 Å². The number of hydrogen-bond acceptors (Lipinski definition) is 3. The summed E-state index contributed by atoms with van der Waals surface area (Å²) in [7, 11) is 0. The minimum Gasteiger partial charge on any atom is -0.356 e. The average molecular weight is 255 g/mol. The van der Waals surface area contributed by atoms with Crippen molar-refractivity contribution in [3.8, 4) is 0 Å². The third-order valence-electron chi connectivity index (χ3n) is 3.77.